The van der Waals surface area contributed by atoms with Gasteiger partial charge in [0.1, 0.15) is 11.6 Å². The average molecular weight is 591 g/mol. The van der Waals surface area contributed by atoms with Gasteiger partial charge in [-0.15, -0.1) is 0 Å². The van der Waals surface area contributed by atoms with Crippen molar-refractivity contribution < 1.29 is 28.3 Å². The van der Waals surface area contributed by atoms with E-state index in [-0.39, 0.29) is 42.7 Å². The maximum Gasteiger partial charge on any atom is 0.249 e. The molecule has 0 aliphatic heterocycles. The van der Waals surface area contributed by atoms with Gasteiger partial charge in [0.05, 0.1) is 17.6 Å². The molecule has 5 N–H and O–H groups in total. The smallest absolute Gasteiger partial charge is 0.249 e. The van der Waals surface area contributed by atoms with Crippen LogP contribution in [0.3, 0.4) is 0 Å². The summed E-state index contributed by atoms with van der Waals surface area (Å²) in [6, 6.07) is 2.39. The SMILES string of the molecule is CCCN(CCC)C(=O)C1=CC(C)=CC(C(N)=O)([C@H](Cc2cc(F)cc(F)c2)[C@@H](O)CN[C@@H](C)C(=O)NCC(C)C)C1. The van der Waals surface area contributed by atoms with E-state index in [4.69, 9.17) is 5.73 Å². The molecular weight excluding hydrogens is 542 g/mol. The summed E-state index contributed by atoms with van der Waals surface area (Å²) in [5.74, 6) is -3.53. The Morgan fingerprint density at radius 3 is 2.17 bits per heavy atom. The van der Waals surface area contributed by atoms with E-state index < -0.39 is 41.0 Å². The van der Waals surface area contributed by atoms with Crippen molar-refractivity contribution in [2.45, 2.75) is 79.4 Å². The Labute approximate surface area is 248 Å². The van der Waals surface area contributed by atoms with Gasteiger partial charge in [0.15, 0.2) is 0 Å². The zero-order valence-corrected chi connectivity index (χ0v) is 25.8. The predicted molar refractivity (Wildman–Crippen MR) is 160 cm³/mol. The van der Waals surface area contributed by atoms with Crippen LogP contribution in [-0.2, 0) is 20.8 Å². The lowest BCUT2D eigenvalue weighted by molar-refractivity contribution is -0.132. The highest BCUT2D eigenvalue weighted by atomic mass is 19.1. The number of halogens is 2. The van der Waals surface area contributed by atoms with E-state index >= 15 is 0 Å². The van der Waals surface area contributed by atoms with Crippen LogP contribution >= 0.6 is 0 Å². The zero-order valence-electron chi connectivity index (χ0n) is 25.8. The lowest BCUT2D eigenvalue weighted by Gasteiger charge is -2.42. The summed E-state index contributed by atoms with van der Waals surface area (Å²) in [5, 5.41) is 17.4. The number of benzene rings is 1. The monoisotopic (exact) mass is 590 g/mol. The van der Waals surface area contributed by atoms with Crippen molar-refractivity contribution in [2.24, 2.45) is 23.0 Å². The van der Waals surface area contributed by atoms with Crippen LogP contribution in [-0.4, -0.2) is 66.1 Å². The Bertz CT molecular complexity index is 1140. The number of aliphatic hydroxyl groups excluding tert-OH is 1. The van der Waals surface area contributed by atoms with Crippen LogP contribution in [0.2, 0.25) is 0 Å². The van der Waals surface area contributed by atoms with Gasteiger partial charge < -0.3 is 26.4 Å². The van der Waals surface area contributed by atoms with Crippen molar-refractivity contribution in [3.05, 3.63) is 58.7 Å². The molecule has 0 saturated heterocycles. The molecule has 0 spiro atoms. The normalized spacial score (nSPS) is 19.0. The van der Waals surface area contributed by atoms with Gasteiger partial charge in [-0.2, -0.15) is 0 Å². The van der Waals surface area contributed by atoms with Gasteiger partial charge in [0, 0.05) is 43.7 Å². The molecule has 4 atom stereocenters. The number of nitrogens with zero attached hydrogens (tertiary/aromatic N) is 1. The quantitative estimate of drug-likeness (QED) is 0.234. The molecule has 0 radical (unpaired) electrons. The van der Waals surface area contributed by atoms with Gasteiger partial charge >= 0.3 is 0 Å². The van der Waals surface area contributed by atoms with E-state index in [1.807, 2.05) is 27.7 Å². The first kappa shape index (κ1) is 35.1. The van der Waals surface area contributed by atoms with Crippen molar-refractivity contribution in [3.8, 4) is 0 Å². The number of hydrogen-bond acceptors (Lipinski definition) is 5. The highest BCUT2D eigenvalue weighted by Gasteiger charge is 2.48. The van der Waals surface area contributed by atoms with Crippen LogP contribution in [0.15, 0.2) is 41.5 Å². The summed E-state index contributed by atoms with van der Waals surface area (Å²) in [5.41, 5.74) is 5.75. The molecule has 0 saturated carbocycles. The molecule has 1 unspecified atom stereocenters. The van der Waals surface area contributed by atoms with Gasteiger partial charge in [-0.25, -0.2) is 8.78 Å². The molecule has 0 aromatic heterocycles. The number of primary amides is 1. The average Bonchev–Trinajstić information content (AvgIpc) is 2.91. The molecule has 0 fully saturated rings. The number of nitrogens with two attached hydrogens (primary N) is 1. The number of amides is 3. The van der Waals surface area contributed by atoms with Crippen LogP contribution in [0.1, 0.15) is 66.4 Å². The van der Waals surface area contributed by atoms with E-state index in [1.54, 1.807) is 30.9 Å². The number of allylic oxidation sites excluding steroid dienone is 2. The minimum absolute atomic E-state index is 0.0770. The third-order valence-corrected chi connectivity index (χ3v) is 7.59. The molecule has 234 valence electrons. The molecule has 1 aromatic carbocycles. The number of aliphatic hydroxyl groups is 1. The minimum Gasteiger partial charge on any atom is -0.391 e. The van der Waals surface area contributed by atoms with Crippen molar-refractivity contribution in [1.29, 1.82) is 0 Å². The molecule has 42 heavy (non-hydrogen) atoms. The Morgan fingerprint density at radius 1 is 1.05 bits per heavy atom. The van der Waals surface area contributed by atoms with Crippen molar-refractivity contribution in [3.63, 3.8) is 0 Å². The first-order valence-electron chi connectivity index (χ1n) is 14.9. The van der Waals surface area contributed by atoms with E-state index in [1.165, 1.54) is 0 Å². The summed E-state index contributed by atoms with van der Waals surface area (Å²) in [6.07, 6.45) is 3.45. The fourth-order valence-corrected chi connectivity index (χ4v) is 5.55. The van der Waals surface area contributed by atoms with Gasteiger partial charge in [0.2, 0.25) is 17.7 Å². The summed E-state index contributed by atoms with van der Waals surface area (Å²) >= 11 is 0. The Balaban J connectivity index is 2.49. The summed E-state index contributed by atoms with van der Waals surface area (Å²) in [6.45, 7) is 12.8. The van der Waals surface area contributed by atoms with Gasteiger partial charge in [-0.3, -0.25) is 14.4 Å². The highest BCUT2D eigenvalue weighted by Crippen LogP contribution is 2.44. The van der Waals surface area contributed by atoms with Gasteiger partial charge in [-0.05, 0) is 63.1 Å². The predicted octanol–water partition coefficient (Wildman–Crippen LogP) is 3.63. The molecular formula is C32H48F2N4O4. The number of rotatable bonds is 16. The molecule has 1 aliphatic rings. The van der Waals surface area contributed by atoms with Crippen LogP contribution in [0, 0.1) is 28.9 Å². The third kappa shape index (κ3) is 9.46. The van der Waals surface area contributed by atoms with Crippen molar-refractivity contribution in [2.75, 3.05) is 26.2 Å². The van der Waals surface area contributed by atoms with E-state index in [0.29, 0.717) is 30.8 Å². The van der Waals surface area contributed by atoms with Crippen LogP contribution in [0.5, 0.6) is 0 Å². The van der Waals surface area contributed by atoms with E-state index in [9.17, 15) is 28.3 Å². The lowest BCUT2D eigenvalue weighted by atomic mass is 9.63. The Hall–Kier alpha value is -3.11. The second-order valence-corrected chi connectivity index (χ2v) is 11.9. The second kappa shape index (κ2) is 15.9. The van der Waals surface area contributed by atoms with E-state index in [2.05, 4.69) is 10.6 Å². The maximum atomic E-state index is 14.2. The van der Waals surface area contributed by atoms with Crippen molar-refractivity contribution in [1.82, 2.24) is 15.5 Å². The van der Waals surface area contributed by atoms with Crippen LogP contribution in [0.4, 0.5) is 8.78 Å². The minimum atomic E-state index is -1.54. The van der Waals surface area contributed by atoms with Crippen molar-refractivity contribution >= 4 is 17.7 Å². The molecule has 2 rings (SSSR count). The molecule has 1 aromatic rings. The fourth-order valence-electron chi connectivity index (χ4n) is 5.55. The van der Waals surface area contributed by atoms with E-state index in [0.717, 1.165) is 31.0 Å². The highest BCUT2D eigenvalue weighted by molar-refractivity contribution is 5.97. The standard InChI is InChI=1S/C32H48F2N4O4/c1-7-9-38(10-8-2)30(41)24-11-21(5)16-32(17-24,31(35)42)27(14-23-12-25(33)15-26(34)13-23)28(39)19-36-22(6)29(40)37-18-20(3)4/h11-13,15-16,20,22,27-28,36,39H,7-10,14,17-19H2,1-6H3,(H2,35,42)(H,37,40)/t22-,27+,28-,32?/m0/s1. The molecule has 0 bridgehead atoms. The zero-order chi connectivity index (χ0) is 31.6. The van der Waals surface area contributed by atoms with Crippen LogP contribution in [0.25, 0.3) is 0 Å². The lowest BCUT2D eigenvalue weighted by Crippen LogP contribution is -2.53. The number of carbonyl (C=O) groups is 3. The number of carbonyl (C=O) groups excluding carboxylic acids is 3. The number of nitrogens with one attached hydrogen (secondary N) is 2. The summed E-state index contributed by atoms with van der Waals surface area (Å²) in [7, 11) is 0. The molecule has 0 heterocycles. The first-order chi connectivity index (χ1) is 19.7. The van der Waals surface area contributed by atoms with Gasteiger partial charge in [0.25, 0.3) is 0 Å². The molecule has 8 nitrogen and oxygen atoms in total. The molecule has 1 aliphatic carbocycles. The summed E-state index contributed by atoms with van der Waals surface area (Å²) < 4.78 is 28.4. The Kier molecular flexibility index (Phi) is 13.3. The van der Waals surface area contributed by atoms with Gasteiger partial charge in [-0.1, -0.05) is 45.4 Å². The molecule has 10 heteroatoms. The topological polar surface area (TPSA) is 125 Å². The third-order valence-electron chi connectivity index (χ3n) is 7.59. The van der Waals surface area contributed by atoms with Crippen LogP contribution < -0.4 is 16.4 Å². The fraction of sp³-hybridized carbons (Fsp3) is 0.594. The Morgan fingerprint density at radius 2 is 1.64 bits per heavy atom. The molecule has 3 amide bonds. The number of hydrogen-bond donors (Lipinski definition) is 4. The maximum absolute atomic E-state index is 14.2. The largest absolute Gasteiger partial charge is 0.391 e. The summed E-state index contributed by atoms with van der Waals surface area (Å²) in [4.78, 5) is 41.3. The second-order valence-electron chi connectivity index (χ2n) is 11.9. The first-order valence-corrected chi connectivity index (χ1v) is 14.9.